The molecule has 2 saturated heterocycles. The molecule has 0 amide bonds. The van der Waals surface area contributed by atoms with Gasteiger partial charge in [0.15, 0.2) is 0 Å². The van der Waals surface area contributed by atoms with Crippen LogP contribution in [-0.4, -0.2) is 43.8 Å². The third-order valence-electron chi connectivity index (χ3n) is 6.22. The van der Waals surface area contributed by atoms with Crippen LogP contribution in [0.5, 0.6) is 0 Å². The SMILES string of the molecule is CC1(C)CCCN(Cc2ccc(-c3ccccc3S(=O)(=O)N3CCCC3)cc2)C1. The first-order valence-electron chi connectivity index (χ1n) is 10.8. The predicted octanol–water partition coefficient (Wildman–Crippen LogP) is 4.76. The number of hydrogen-bond donors (Lipinski definition) is 0. The molecule has 0 atom stereocenters. The lowest BCUT2D eigenvalue weighted by Crippen LogP contribution is -2.39. The van der Waals surface area contributed by atoms with Crippen molar-refractivity contribution in [2.75, 3.05) is 26.2 Å². The standard InChI is InChI=1S/C24H32N2O2S/c1-24(2)14-7-15-25(19-24)18-20-10-12-21(13-11-20)22-8-3-4-9-23(22)29(27,28)26-16-5-6-17-26/h3-4,8-13H,5-7,14-19H2,1-2H3. The summed E-state index contributed by atoms with van der Waals surface area (Å²) in [4.78, 5) is 2.96. The molecular formula is C24H32N2O2S. The van der Waals surface area contributed by atoms with Crippen LogP contribution >= 0.6 is 0 Å². The van der Waals surface area contributed by atoms with E-state index in [1.54, 1.807) is 10.4 Å². The van der Waals surface area contributed by atoms with Gasteiger partial charge in [-0.2, -0.15) is 4.31 Å². The molecule has 0 aromatic heterocycles. The van der Waals surface area contributed by atoms with E-state index >= 15 is 0 Å². The number of likely N-dealkylation sites (tertiary alicyclic amines) is 1. The molecule has 0 bridgehead atoms. The van der Waals surface area contributed by atoms with Gasteiger partial charge in [-0.3, -0.25) is 4.90 Å². The van der Waals surface area contributed by atoms with E-state index in [-0.39, 0.29) is 0 Å². The molecule has 2 heterocycles. The van der Waals surface area contributed by atoms with Gasteiger partial charge >= 0.3 is 0 Å². The third kappa shape index (κ3) is 4.57. The zero-order valence-electron chi connectivity index (χ0n) is 17.6. The Hall–Kier alpha value is -1.69. The Morgan fingerprint density at radius 3 is 2.28 bits per heavy atom. The maximum atomic E-state index is 13.1. The highest BCUT2D eigenvalue weighted by Gasteiger charge is 2.29. The summed E-state index contributed by atoms with van der Waals surface area (Å²) in [6, 6.07) is 15.8. The summed E-state index contributed by atoms with van der Waals surface area (Å²) < 4.78 is 27.9. The first-order chi connectivity index (χ1) is 13.9. The first kappa shape index (κ1) is 20.6. The molecule has 2 aliphatic heterocycles. The van der Waals surface area contributed by atoms with Crippen molar-refractivity contribution >= 4 is 10.0 Å². The van der Waals surface area contributed by atoms with Crippen LogP contribution in [0.4, 0.5) is 0 Å². The van der Waals surface area contributed by atoms with Crippen molar-refractivity contribution in [3.8, 4) is 11.1 Å². The van der Waals surface area contributed by atoms with Gasteiger partial charge in [-0.25, -0.2) is 8.42 Å². The van der Waals surface area contributed by atoms with Crippen molar-refractivity contribution in [3.63, 3.8) is 0 Å². The van der Waals surface area contributed by atoms with E-state index in [1.165, 1.54) is 18.4 Å². The molecule has 2 aromatic rings. The normalized spacial score (nSPS) is 20.8. The Bertz CT molecular complexity index is 945. The number of piperidine rings is 1. The zero-order valence-corrected chi connectivity index (χ0v) is 18.4. The van der Waals surface area contributed by atoms with Crippen molar-refractivity contribution in [2.24, 2.45) is 5.41 Å². The average molecular weight is 413 g/mol. The minimum atomic E-state index is -3.44. The quantitative estimate of drug-likeness (QED) is 0.711. The average Bonchev–Trinajstić information content (AvgIpc) is 3.24. The number of rotatable bonds is 5. The Balaban J connectivity index is 1.55. The van der Waals surface area contributed by atoms with Gasteiger partial charge in [0.25, 0.3) is 0 Å². The molecule has 29 heavy (non-hydrogen) atoms. The summed E-state index contributed by atoms with van der Waals surface area (Å²) in [6.07, 6.45) is 4.45. The molecule has 0 N–H and O–H groups in total. The summed E-state index contributed by atoms with van der Waals surface area (Å²) >= 11 is 0. The fourth-order valence-electron chi connectivity index (χ4n) is 4.73. The Morgan fingerprint density at radius 2 is 1.59 bits per heavy atom. The van der Waals surface area contributed by atoms with E-state index in [9.17, 15) is 8.42 Å². The van der Waals surface area contributed by atoms with Crippen LogP contribution in [0.25, 0.3) is 11.1 Å². The fourth-order valence-corrected chi connectivity index (χ4v) is 6.46. The van der Waals surface area contributed by atoms with Crippen LogP contribution in [-0.2, 0) is 16.6 Å². The summed E-state index contributed by atoms with van der Waals surface area (Å²) in [5, 5.41) is 0. The lowest BCUT2D eigenvalue weighted by Gasteiger charge is -2.38. The van der Waals surface area contributed by atoms with Crippen molar-refractivity contribution in [2.45, 2.75) is 51.0 Å². The number of nitrogens with zero attached hydrogens (tertiary/aromatic N) is 2. The van der Waals surface area contributed by atoms with Crippen molar-refractivity contribution < 1.29 is 8.42 Å². The van der Waals surface area contributed by atoms with Crippen LogP contribution in [0.2, 0.25) is 0 Å². The molecule has 5 heteroatoms. The van der Waals surface area contributed by atoms with Crippen molar-refractivity contribution in [1.29, 1.82) is 0 Å². The van der Waals surface area contributed by atoms with E-state index in [1.807, 2.05) is 18.2 Å². The molecule has 0 radical (unpaired) electrons. The summed E-state index contributed by atoms with van der Waals surface area (Å²) in [5.74, 6) is 0. The van der Waals surface area contributed by atoms with Gasteiger partial charge in [0.1, 0.15) is 0 Å². The van der Waals surface area contributed by atoms with Gasteiger partial charge in [-0.05, 0) is 54.8 Å². The van der Waals surface area contributed by atoms with Crippen LogP contribution in [0.3, 0.4) is 0 Å². The Morgan fingerprint density at radius 1 is 0.897 bits per heavy atom. The highest BCUT2D eigenvalue weighted by Crippen LogP contribution is 2.32. The van der Waals surface area contributed by atoms with Gasteiger partial charge in [0, 0.05) is 31.7 Å². The molecular weight excluding hydrogens is 380 g/mol. The van der Waals surface area contributed by atoms with E-state index in [0.717, 1.165) is 43.6 Å². The molecule has 4 rings (SSSR count). The highest BCUT2D eigenvalue weighted by atomic mass is 32.2. The number of benzene rings is 2. The molecule has 0 saturated carbocycles. The monoisotopic (exact) mass is 412 g/mol. The lowest BCUT2D eigenvalue weighted by molar-refractivity contribution is 0.112. The van der Waals surface area contributed by atoms with E-state index in [0.29, 0.717) is 23.4 Å². The molecule has 2 fully saturated rings. The van der Waals surface area contributed by atoms with Gasteiger partial charge in [-0.1, -0.05) is 56.3 Å². The fraction of sp³-hybridized carbons (Fsp3) is 0.500. The molecule has 2 aromatic carbocycles. The summed E-state index contributed by atoms with van der Waals surface area (Å²) in [7, 11) is -3.44. The van der Waals surface area contributed by atoms with Gasteiger partial charge in [-0.15, -0.1) is 0 Å². The minimum absolute atomic E-state index is 0.390. The molecule has 156 valence electrons. The second kappa shape index (κ2) is 8.21. The van der Waals surface area contributed by atoms with Gasteiger partial charge in [0.2, 0.25) is 10.0 Å². The zero-order chi connectivity index (χ0) is 20.5. The topological polar surface area (TPSA) is 40.6 Å². The summed E-state index contributed by atoms with van der Waals surface area (Å²) in [5.41, 5.74) is 3.43. The van der Waals surface area contributed by atoms with Gasteiger partial charge < -0.3 is 0 Å². The maximum Gasteiger partial charge on any atom is 0.243 e. The maximum absolute atomic E-state index is 13.1. The largest absolute Gasteiger partial charge is 0.299 e. The van der Waals surface area contributed by atoms with E-state index in [2.05, 4.69) is 43.0 Å². The van der Waals surface area contributed by atoms with Crippen LogP contribution in [0.15, 0.2) is 53.4 Å². The summed E-state index contributed by atoms with van der Waals surface area (Å²) in [6.45, 7) is 9.19. The van der Waals surface area contributed by atoms with Gasteiger partial charge in [0.05, 0.1) is 4.90 Å². The van der Waals surface area contributed by atoms with Crippen LogP contribution < -0.4 is 0 Å². The molecule has 0 aliphatic carbocycles. The van der Waals surface area contributed by atoms with E-state index < -0.39 is 10.0 Å². The van der Waals surface area contributed by atoms with Crippen LogP contribution in [0.1, 0.15) is 45.1 Å². The smallest absolute Gasteiger partial charge is 0.243 e. The predicted molar refractivity (Wildman–Crippen MR) is 118 cm³/mol. The van der Waals surface area contributed by atoms with Crippen molar-refractivity contribution in [3.05, 3.63) is 54.1 Å². The number of sulfonamides is 1. The lowest BCUT2D eigenvalue weighted by atomic mass is 9.84. The first-order valence-corrected chi connectivity index (χ1v) is 12.2. The Kier molecular flexibility index (Phi) is 5.83. The van der Waals surface area contributed by atoms with E-state index in [4.69, 9.17) is 0 Å². The Labute approximate surface area is 175 Å². The third-order valence-corrected chi connectivity index (χ3v) is 8.18. The molecule has 0 unspecified atom stereocenters. The number of hydrogen-bond acceptors (Lipinski definition) is 3. The second-order valence-corrected chi connectivity index (χ2v) is 11.2. The minimum Gasteiger partial charge on any atom is -0.299 e. The highest BCUT2D eigenvalue weighted by molar-refractivity contribution is 7.89. The molecule has 0 spiro atoms. The second-order valence-electron chi connectivity index (χ2n) is 9.28. The van der Waals surface area contributed by atoms with Crippen LogP contribution in [0, 0.1) is 5.41 Å². The molecule has 2 aliphatic rings. The van der Waals surface area contributed by atoms with Crippen molar-refractivity contribution in [1.82, 2.24) is 9.21 Å². The molecule has 4 nitrogen and oxygen atoms in total.